The molecule has 1 aliphatic rings. The molecule has 1 aliphatic carbocycles. The summed E-state index contributed by atoms with van der Waals surface area (Å²) in [7, 11) is 1.38. The van der Waals surface area contributed by atoms with Crippen LogP contribution in [0.15, 0.2) is 6.20 Å². The molecule has 0 radical (unpaired) electrons. The molecule has 0 saturated heterocycles. The second kappa shape index (κ2) is 4.68. The van der Waals surface area contributed by atoms with Crippen molar-refractivity contribution >= 4 is 5.97 Å². The predicted octanol–water partition coefficient (Wildman–Crippen LogP) is 2.49. The van der Waals surface area contributed by atoms with Gasteiger partial charge in [-0.3, -0.25) is 0 Å². The van der Waals surface area contributed by atoms with Crippen molar-refractivity contribution in [2.45, 2.75) is 38.5 Å². The highest BCUT2D eigenvalue weighted by molar-refractivity contribution is 5.86. The Hall–Kier alpha value is -1.32. The van der Waals surface area contributed by atoms with Gasteiger partial charge >= 0.3 is 5.97 Å². The van der Waals surface area contributed by atoms with E-state index < -0.39 is 0 Å². The topological polar surface area (TPSA) is 55.0 Å². The molecule has 1 N–H and O–H groups in total. The van der Waals surface area contributed by atoms with E-state index in [1.807, 2.05) is 0 Å². The van der Waals surface area contributed by atoms with Crippen LogP contribution in [0.25, 0.3) is 0 Å². The van der Waals surface area contributed by atoms with E-state index in [0.717, 1.165) is 18.2 Å². The minimum absolute atomic E-state index is 0.345. The van der Waals surface area contributed by atoms with Gasteiger partial charge in [-0.25, -0.2) is 9.78 Å². The van der Waals surface area contributed by atoms with Gasteiger partial charge in [-0.2, -0.15) is 0 Å². The van der Waals surface area contributed by atoms with E-state index in [1.54, 1.807) is 6.20 Å². The van der Waals surface area contributed by atoms with Crippen LogP contribution in [0.1, 0.15) is 54.8 Å². The van der Waals surface area contributed by atoms with E-state index in [1.165, 1.54) is 26.4 Å². The third-order valence-corrected chi connectivity index (χ3v) is 3.32. The smallest absolute Gasteiger partial charge is 0.356 e. The predicted molar refractivity (Wildman–Crippen MR) is 60.3 cm³/mol. The molecule has 2 rings (SSSR count). The maximum Gasteiger partial charge on any atom is 0.356 e. The Kier molecular flexibility index (Phi) is 3.27. The summed E-state index contributed by atoms with van der Waals surface area (Å²) in [5.74, 6) is 1.82. The van der Waals surface area contributed by atoms with Crippen LogP contribution in [0, 0.1) is 5.92 Å². The minimum Gasteiger partial charge on any atom is -0.464 e. The first-order valence-electron chi connectivity index (χ1n) is 5.84. The molecule has 0 aromatic carbocycles. The standard InChI is InChI=1S/C12H18N2O2/c1-8-4-3-5-9(6-8)11-13-7-10(14-11)12(15)16-2/h7-9H,3-6H2,1-2H3,(H,13,14). The summed E-state index contributed by atoms with van der Waals surface area (Å²) in [5.41, 5.74) is 0.454. The van der Waals surface area contributed by atoms with E-state index in [2.05, 4.69) is 21.6 Å². The lowest BCUT2D eigenvalue weighted by Gasteiger charge is -2.24. The van der Waals surface area contributed by atoms with Crippen molar-refractivity contribution in [3.63, 3.8) is 0 Å². The number of nitrogens with one attached hydrogen (secondary N) is 1. The maximum absolute atomic E-state index is 11.3. The molecular formula is C12H18N2O2. The molecule has 0 amide bonds. The number of hydrogen-bond acceptors (Lipinski definition) is 3. The van der Waals surface area contributed by atoms with E-state index in [0.29, 0.717) is 11.6 Å². The highest BCUT2D eigenvalue weighted by atomic mass is 16.5. The third kappa shape index (κ3) is 2.26. The fourth-order valence-electron chi connectivity index (χ4n) is 2.44. The van der Waals surface area contributed by atoms with Crippen LogP contribution in [-0.4, -0.2) is 23.0 Å². The summed E-state index contributed by atoms with van der Waals surface area (Å²) in [6.45, 7) is 2.27. The van der Waals surface area contributed by atoms with Crippen molar-refractivity contribution in [3.05, 3.63) is 17.7 Å². The summed E-state index contributed by atoms with van der Waals surface area (Å²) in [5, 5.41) is 0. The number of imidazole rings is 1. The lowest BCUT2D eigenvalue weighted by molar-refractivity contribution is 0.0594. The molecule has 4 heteroatoms. The lowest BCUT2D eigenvalue weighted by atomic mass is 9.82. The Balaban J connectivity index is 2.09. The van der Waals surface area contributed by atoms with Gasteiger partial charge in [0.25, 0.3) is 0 Å². The van der Waals surface area contributed by atoms with Crippen molar-refractivity contribution in [2.75, 3.05) is 7.11 Å². The molecule has 16 heavy (non-hydrogen) atoms. The number of methoxy groups -OCH3 is 1. The Morgan fingerprint density at radius 2 is 2.38 bits per heavy atom. The molecule has 1 aromatic rings. The number of nitrogens with zero attached hydrogens (tertiary/aromatic N) is 1. The summed E-state index contributed by atoms with van der Waals surface area (Å²) >= 11 is 0. The van der Waals surface area contributed by atoms with Crippen molar-refractivity contribution < 1.29 is 9.53 Å². The molecule has 1 heterocycles. The normalized spacial score (nSPS) is 25.4. The van der Waals surface area contributed by atoms with Crippen molar-refractivity contribution in [1.29, 1.82) is 0 Å². The monoisotopic (exact) mass is 222 g/mol. The number of aromatic amines is 1. The van der Waals surface area contributed by atoms with Crippen LogP contribution in [0.3, 0.4) is 0 Å². The Morgan fingerprint density at radius 3 is 3.06 bits per heavy atom. The summed E-state index contributed by atoms with van der Waals surface area (Å²) in [6, 6.07) is 0. The molecule has 4 nitrogen and oxygen atoms in total. The van der Waals surface area contributed by atoms with Gasteiger partial charge in [0, 0.05) is 5.92 Å². The first-order valence-corrected chi connectivity index (χ1v) is 5.84. The molecule has 1 saturated carbocycles. The van der Waals surface area contributed by atoms with Crippen LogP contribution in [0.4, 0.5) is 0 Å². The first kappa shape index (κ1) is 11.2. The number of H-pyrrole nitrogens is 1. The van der Waals surface area contributed by atoms with Gasteiger partial charge in [-0.15, -0.1) is 0 Å². The fraction of sp³-hybridized carbons (Fsp3) is 0.667. The molecule has 1 aromatic heterocycles. The number of rotatable bonds is 2. The van der Waals surface area contributed by atoms with Gasteiger partial charge in [0.1, 0.15) is 11.5 Å². The van der Waals surface area contributed by atoms with E-state index in [9.17, 15) is 4.79 Å². The molecule has 88 valence electrons. The van der Waals surface area contributed by atoms with Crippen molar-refractivity contribution in [3.8, 4) is 0 Å². The third-order valence-electron chi connectivity index (χ3n) is 3.32. The Bertz CT molecular complexity index is 373. The molecular weight excluding hydrogens is 204 g/mol. The summed E-state index contributed by atoms with van der Waals surface area (Å²) < 4.78 is 4.65. The number of hydrogen-bond donors (Lipinski definition) is 1. The molecule has 0 aliphatic heterocycles. The quantitative estimate of drug-likeness (QED) is 0.782. The van der Waals surface area contributed by atoms with Crippen LogP contribution in [-0.2, 0) is 4.74 Å². The van der Waals surface area contributed by atoms with Gasteiger partial charge in [0.15, 0.2) is 0 Å². The Labute approximate surface area is 95.4 Å². The largest absolute Gasteiger partial charge is 0.464 e. The highest BCUT2D eigenvalue weighted by Crippen LogP contribution is 2.34. The lowest BCUT2D eigenvalue weighted by Crippen LogP contribution is -2.13. The zero-order valence-corrected chi connectivity index (χ0v) is 9.82. The number of ether oxygens (including phenoxy) is 1. The van der Waals surface area contributed by atoms with Crippen LogP contribution < -0.4 is 0 Å². The van der Waals surface area contributed by atoms with Gasteiger partial charge < -0.3 is 9.72 Å². The first-order chi connectivity index (χ1) is 7.70. The molecule has 2 unspecified atom stereocenters. The van der Waals surface area contributed by atoms with Gasteiger partial charge in [-0.05, 0) is 18.8 Å². The van der Waals surface area contributed by atoms with Crippen molar-refractivity contribution in [2.24, 2.45) is 5.92 Å². The second-order valence-corrected chi connectivity index (χ2v) is 4.64. The zero-order chi connectivity index (χ0) is 11.5. The number of carbonyl (C=O) groups is 1. The SMILES string of the molecule is COC(=O)c1cnc(C2CCCC(C)C2)[nH]1. The zero-order valence-electron chi connectivity index (χ0n) is 9.82. The second-order valence-electron chi connectivity index (χ2n) is 4.64. The van der Waals surface area contributed by atoms with E-state index >= 15 is 0 Å². The number of aromatic nitrogens is 2. The fourth-order valence-corrected chi connectivity index (χ4v) is 2.44. The minimum atomic E-state index is -0.345. The number of esters is 1. The van der Waals surface area contributed by atoms with E-state index in [-0.39, 0.29) is 5.97 Å². The molecule has 0 bridgehead atoms. The summed E-state index contributed by atoms with van der Waals surface area (Å²) in [6.07, 6.45) is 6.45. The Morgan fingerprint density at radius 1 is 1.56 bits per heavy atom. The highest BCUT2D eigenvalue weighted by Gasteiger charge is 2.23. The van der Waals surface area contributed by atoms with Crippen LogP contribution in [0.5, 0.6) is 0 Å². The average molecular weight is 222 g/mol. The molecule has 1 fully saturated rings. The van der Waals surface area contributed by atoms with Crippen molar-refractivity contribution in [1.82, 2.24) is 9.97 Å². The van der Waals surface area contributed by atoms with Crippen LogP contribution in [0.2, 0.25) is 0 Å². The molecule has 0 spiro atoms. The van der Waals surface area contributed by atoms with Gasteiger partial charge in [-0.1, -0.05) is 19.8 Å². The molecule has 2 atom stereocenters. The number of carbonyl (C=O) groups excluding carboxylic acids is 1. The maximum atomic E-state index is 11.3. The summed E-state index contributed by atoms with van der Waals surface area (Å²) in [4.78, 5) is 18.6. The van der Waals surface area contributed by atoms with Gasteiger partial charge in [0.2, 0.25) is 0 Å². The van der Waals surface area contributed by atoms with E-state index in [4.69, 9.17) is 0 Å². The van der Waals surface area contributed by atoms with Gasteiger partial charge in [0.05, 0.1) is 13.3 Å². The van der Waals surface area contributed by atoms with Crippen LogP contribution >= 0.6 is 0 Å². The average Bonchev–Trinajstić information content (AvgIpc) is 2.77.